The summed E-state index contributed by atoms with van der Waals surface area (Å²) in [7, 11) is 0. The van der Waals surface area contributed by atoms with Crippen LogP contribution >= 0.6 is 0 Å². The Morgan fingerprint density at radius 2 is 1.97 bits per heavy atom. The highest BCUT2D eigenvalue weighted by Crippen LogP contribution is 2.28. The minimum absolute atomic E-state index is 0.212. The Morgan fingerprint density at radius 3 is 2.80 bits per heavy atom. The molecule has 0 saturated carbocycles. The summed E-state index contributed by atoms with van der Waals surface area (Å²) in [6.07, 6.45) is 8.88. The maximum absolute atomic E-state index is 14.3. The number of nitrogens with one attached hydrogen (secondary N) is 1. The van der Waals surface area contributed by atoms with Crippen molar-refractivity contribution in [3.63, 3.8) is 0 Å². The minimum atomic E-state index is -0.621. The Morgan fingerprint density at radius 1 is 1.11 bits per heavy atom. The third-order valence-electron chi connectivity index (χ3n) is 6.14. The van der Waals surface area contributed by atoms with E-state index in [0.717, 1.165) is 31.3 Å². The summed E-state index contributed by atoms with van der Waals surface area (Å²) in [6.45, 7) is 5.19. The molecule has 0 spiro atoms. The van der Waals surface area contributed by atoms with Crippen LogP contribution in [0.3, 0.4) is 0 Å². The largest absolute Gasteiger partial charge is 0.462 e. The Labute approximate surface area is 202 Å². The molecule has 35 heavy (non-hydrogen) atoms. The monoisotopic (exact) mass is 479 g/mol. The van der Waals surface area contributed by atoms with Gasteiger partial charge in [-0.3, -0.25) is 4.90 Å². The molecule has 182 valence electrons. The second kappa shape index (κ2) is 10.3. The van der Waals surface area contributed by atoms with Crippen LogP contribution in [0.25, 0.3) is 16.9 Å². The first kappa shape index (κ1) is 23.1. The average Bonchev–Trinajstić information content (AvgIpc) is 3.29. The van der Waals surface area contributed by atoms with E-state index in [1.165, 1.54) is 31.4 Å². The zero-order chi connectivity index (χ0) is 24.2. The van der Waals surface area contributed by atoms with Gasteiger partial charge in [-0.25, -0.2) is 18.3 Å². The van der Waals surface area contributed by atoms with Gasteiger partial charge in [0.1, 0.15) is 24.1 Å². The number of ether oxygens (including phenoxy) is 1. The molecule has 1 saturated heterocycles. The summed E-state index contributed by atoms with van der Waals surface area (Å²) in [5, 5.41) is 7.54. The molecule has 0 bridgehead atoms. The van der Waals surface area contributed by atoms with Gasteiger partial charge in [-0.2, -0.15) is 15.1 Å². The lowest BCUT2D eigenvalue weighted by molar-refractivity contribution is 0.177. The zero-order valence-corrected chi connectivity index (χ0v) is 19.5. The molecule has 0 unspecified atom stereocenters. The number of hydrogen-bond donors (Lipinski definition) is 1. The molecule has 4 aromatic rings. The fraction of sp³-hybridized carbons (Fsp3) is 0.360. The second-order valence-corrected chi connectivity index (χ2v) is 8.65. The number of fused-ring (bicyclic) bond motifs is 1. The number of hydrogen-bond acceptors (Lipinski definition) is 7. The highest BCUT2D eigenvalue weighted by atomic mass is 19.1. The smallest absolute Gasteiger partial charge is 0.318 e. The number of aromatic nitrogens is 5. The van der Waals surface area contributed by atoms with Crippen LogP contribution < -0.4 is 10.1 Å². The summed E-state index contributed by atoms with van der Waals surface area (Å²) >= 11 is 0. The van der Waals surface area contributed by atoms with Crippen molar-refractivity contribution in [2.75, 3.05) is 31.6 Å². The van der Waals surface area contributed by atoms with Gasteiger partial charge in [-0.15, -0.1) is 0 Å². The molecule has 1 fully saturated rings. The van der Waals surface area contributed by atoms with Gasteiger partial charge in [0.15, 0.2) is 5.65 Å². The van der Waals surface area contributed by atoms with Crippen LogP contribution in [0.5, 0.6) is 6.01 Å². The first-order valence-corrected chi connectivity index (χ1v) is 11.8. The van der Waals surface area contributed by atoms with Crippen LogP contribution in [-0.2, 0) is 0 Å². The second-order valence-electron chi connectivity index (χ2n) is 8.65. The van der Waals surface area contributed by atoms with Gasteiger partial charge in [-0.1, -0.05) is 12.5 Å². The lowest BCUT2D eigenvalue weighted by atomic mass is 10.1. The number of nitrogens with zero attached hydrogens (tertiary/aromatic N) is 6. The van der Waals surface area contributed by atoms with Gasteiger partial charge in [-0.05, 0) is 45.0 Å². The van der Waals surface area contributed by atoms with E-state index in [1.807, 2.05) is 6.20 Å². The van der Waals surface area contributed by atoms with Gasteiger partial charge < -0.3 is 10.1 Å². The van der Waals surface area contributed by atoms with Crippen molar-refractivity contribution in [3.05, 3.63) is 66.1 Å². The summed E-state index contributed by atoms with van der Waals surface area (Å²) < 4.78 is 35.3. The van der Waals surface area contributed by atoms with Gasteiger partial charge >= 0.3 is 6.01 Å². The van der Waals surface area contributed by atoms with E-state index in [-0.39, 0.29) is 6.01 Å². The van der Waals surface area contributed by atoms with Crippen LogP contribution in [0, 0.1) is 11.6 Å². The zero-order valence-electron chi connectivity index (χ0n) is 19.5. The van der Waals surface area contributed by atoms with Gasteiger partial charge in [0.05, 0.1) is 23.5 Å². The molecular formula is C25H27F2N7O. The maximum atomic E-state index is 14.3. The molecule has 1 aliphatic rings. The van der Waals surface area contributed by atoms with E-state index < -0.39 is 17.7 Å². The van der Waals surface area contributed by atoms with Crippen molar-refractivity contribution < 1.29 is 13.5 Å². The number of likely N-dealkylation sites (tertiary alicyclic amines) is 1. The molecule has 10 heteroatoms. The van der Waals surface area contributed by atoms with Crippen LogP contribution in [0.4, 0.5) is 14.6 Å². The molecule has 4 heterocycles. The number of rotatable bonds is 8. The van der Waals surface area contributed by atoms with Crippen molar-refractivity contribution in [2.24, 2.45) is 0 Å². The Bertz CT molecular complexity index is 1310. The quantitative estimate of drug-likeness (QED) is 0.399. The Balaban J connectivity index is 1.42. The highest BCUT2D eigenvalue weighted by Gasteiger charge is 2.17. The molecule has 3 aromatic heterocycles. The first-order chi connectivity index (χ1) is 17.1. The Hall–Kier alpha value is -3.66. The number of piperidine rings is 1. The summed E-state index contributed by atoms with van der Waals surface area (Å²) in [5.41, 5.74) is 2.28. The van der Waals surface area contributed by atoms with Crippen LogP contribution in [0.15, 0.2) is 48.9 Å². The van der Waals surface area contributed by atoms with Crippen molar-refractivity contribution in [1.29, 1.82) is 0 Å². The van der Waals surface area contributed by atoms with Crippen molar-refractivity contribution in [3.8, 4) is 17.3 Å². The first-order valence-electron chi connectivity index (χ1n) is 11.8. The number of benzene rings is 1. The highest BCUT2D eigenvalue weighted by molar-refractivity contribution is 5.75. The predicted octanol–water partition coefficient (Wildman–Crippen LogP) is 4.50. The normalized spacial score (nSPS) is 15.3. The minimum Gasteiger partial charge on any atom is -0.462 e. The van der Waals surface area contributed by atoms with Crippen LogP contribution in [-0.4, -0.2) is 55.7 Å². The average molecular weight is 480 g/mol. The molecule has 8 nitrogen and oxygen atoms in total. The molecule has 0 aliphatic carbocycles. The lowest BCUT2D eigenvalue weighted by Crippen LogP contribution is -2.33. The summed E-state index contributed by atoms with van der Waals surface area (Å²) in [6, 6.07) is 6.83. The fourth-order valence-corrected chi connectivity index (χ4v) is 4.31. The molecule has 1 aromatic carbocycles. The predicted molar refractivity (Wildman–Crippen MR) is 128 cm³/mol. The van der Waals surface area contributed by atoms with Crippen molar-refractivity contribution >= 4 is 11.5 Å². The van der Waals surface area contributed by atoms with E-state index in [0.29, 0.717) is 29.3 Å². The van der Waals surface area contributed by atoms with E-state index >= 15 is 0 Å². The van der Waals surface area contributed by atoms with E-state index in [4.69, 9.17) is 4.74 Å². The van der Waals surface area contributed by atoms with Gasteiger partial charge in [0, 0.05) is 36.6 Å². The number of halogens is 2. The van der Waals surface area contributed by atoms with E-state index in [2.05, 4.69) is 30.3 Å². The summed E-state index contributed by atoms with van der Waals surface area (Å²) in [5.74, 6) is -0.786. The van der Waals surface area contributed by atoms with Crippen LogP contribution in [0.1, 0.15) is 37.8 Å². The SMILES string of the molecule is C[C@H](Nc1cc(-c2cnn3cccnc23)nc(OCCN2CCCCC2)n1)c1ccc(F)cc1F. The molecule has 5 rings (SSSR count). The third-order valence-corrected chi connectivity index (χ3v) is 6.14. The molecular weight excluding hydrogens is 452 g/mol. The number of anilines is 1. The molecule has 0 radical (unpaired) electrons. The van der Waals surface area contributed by atoms with Gasteiger partial charge in [0.2, 0.25) is 0 Å². The van der Waals surface area contributed by atoms with E-state index in [9.17, 15) is 8.78 Å². The van der Waals surface area contributed by atoms with E-state index in [1.54, 1.807) is 36.0 Å². The van der Waals surface area contributed by atoms with Crippen molar-refractivity contribution in [2.45, 2.75) is 32.2 Å². The fourth-order valence-electron chi connectivity index (χ4n) is 4.31. The van der Waals surface area contributed by atoms with Crippen LogP contribution in [0.2, 0.25) is 0 Å². The molecule has 1 aliphatic heterocycles. The maximum Gasteiger partial charge on any atom is 0.318 e. The van der Waals surface area contributed by atoms with Gasteiger partial charge in [0.25, 0.3) is 0 Å². The third kappa shape index (κ3) is 5.37. The standard InChI is InChI=1S/C25H27F2N7O/c1-17(19-7-6-18(26)14-21(19)27)30-23-15-22(20-16-29-34-11-5-8-28-24(20)34)31-25(32-23)35-13-12-33-9-3-2-4-10-33/h5-8,11,14-17H,2-4,9-10,12-13H2,1H3,(H,30,31,32)/t17-/m0/s1. The molecule has 1 atom stereocenters. The topological polar surface area (TPSA) is 80.5 Å². The lowest BCUT2D eigenvalue weighted by Gasteiger charge is -2.26. The molecule has 1 N–H and O–H groups in total. The summed E-state index contributed by atoms with van der Waals surface area (Å²) in [4.78, 5) is 15.9. The Kier molecular flexibility index (Phi) is 6.80. The molecule has 0 amide bonds. The van der Waals surface area contributed by atoms with Crippen molar-refractivity contribution in [1.82, 2.24) is 29.5 Å².